The number of carbonyl (C=O) groups excluding carboxylic acids is 1. The summed E-state index contributed by atoms with van der Waals surface area (Å²) >= 11 is 0. The molecule has 2 aromatic carbocycles. The zero-order valence-corrected chi connectivity index (χ0v) is 15.8. The number of anilines is 1. The second-order valence-corrected chi connectivity index (χ2v) is 6.45. The van der Waals surface area contributed by atoms with E-state index in [0.717, 1.165) is 22.4 Å². The van der Waals surface area contributed by atoms with E-state index < -0.39 is 0 Å². The van der Waals surface area contributed by atoms with Gasteiger partial charge in [0, 0.05) is 11.3 Å². The van der Waals surface area contributed by atoms with Crippen molar-refractivity contribution in [2.24, 2.45) is 0 Å². The number of benzene rings is 2. The predicted molar refractivity (Wildman–Crippen MR) is 107 cm³/mol. The standard InChI is InChI=1S/C21H19N5O2/c1-13-8-10-15(11-9-13)23-21(27)19-14(2)26-20(25-24-19)17(12-22-26)16-6-4-5-7-18(16)28-3/h4-12H,1-3H3,(H,23,27). The lowest BCUT2D eigenvalue weighted by Gasteiger charge is -2.09. The van der Waals surface area contributed by atoms with Crippen LogP contribution in [0.25, 0.3) is 16.8 Å². The third-order valence-corrected chi connectivity index (χ3v) is 4.57. The van der Waals surface area contributed by atoms with Gasteiger partial charge in [-0.25, -0.2) is 4.52 Å². The molecule has 0 aliphatic heterocycles. The van der Waals surface area contributed by atoms with Crippen molar-refractivity contribution in [1.82, 2.24) is 19.8 Å². The van der Waals surface area contributed by atoms with Crippen LogP contribution >= 0.6 is 0 Å². The van der Waals surface area contributed by atoms with Crippen molar-refractivity contribution in [3.8, 4) is 16.9 Å². The maximum atomic E-state index is 12.7. The smallest absolute Gasteiger partial charge is 0.278 e. The van der Waals surface area contributed by atoms with E-state index in [1.807, 2.05) is 55.5 Å². The highest BCUT2D eigenvalue weighted by atomic mass is 16.5. The highest BCUT2D eigenvalue weighted by Crippen LogP contribution is 2.32. The Balaban J connectivity index is 1.72. The first-order valence-corrected chi connectivity index (χ1v) is 8.81. The van der Waals surface area contributed by atoms with Crippen LogP contribution < -0.4 is 10.1 Å². The van der Waals surface area contributed by atoms with Gasteiger partial charge in [-0.15, -0.1) is 10.2 Å². The van der Waals surface area contributed by atoms with Crippen molar-refractivity contribution in [3.05, 3.63) is 71.7 Å². The molecule has 0 fully saturated rings. The molecular formula is C21H19N5O2. The van der Waals surface area contributed by atoms with E-state index in [1.54, 1.807) is 24.7 Å². The van der Waals surface area contributed by atoms with Crippen LogP contribution in [-0.4, -0.2) is 32.8 Å². The van der Waals surface area contributed by atoms with Crippen molar-refractivity contribution in [2.75, 3.05) is 12.4 Å². The Morgan fingerprint density at radius 2 is 1.75 bits per heavy atom. The molecule has 0 radical (unpaired) electrons. The molecule has 1 N–H and O–H groups in total. The van der Waals surface area contributed by atoms with Crippen LogP contribution in [0.4, 0.5) is 5.69 Å². The minimum absolute atomic E-state index is 0.225. The summed E-state index contributed by atoms with van der Waals surface area (Å²) in [7, 11) is 1.62. The molecule has 0 bridgehead atoms. The zero-order chi connectivity index (χ0) is 19.7. The van der Waals surface area contributed by atoms with Crippen molar-refractivity contribution < 1.29 is 9.53 Å². The number of ether oxygens (including phenoxy) is 1. The van der Waals surface area contributed by atoms with E-state index in [4.69, 9.17) is 4.74 Å². The molecular weight excluding hydrogens is 354 g/mol. The molecule has 0 aliphatic carbocycles. The molecule has 0 saturated heterocycles. The number of amides is 1. The van der Waals surface area contributed by atoms with Crippen LogP contribution in [-0.2, 0) is 0 Å². The maximum absolute atomic E-state index is 12.7. The van der Waals surface area contributed by atoms with E-state index in [-0.39, 0.29) is 11.6 Å². The molecule has 0 unspecified atom stereocenters. The monoisotopic (exact) mass is 373 g/mol. The average molecular weight is 373 g/mol. The number of para-hydroxylation sites is 1. The molecule has 2 aromatic heterocycles. The molecule has 0 spiro atoms. The van der Waals surface area contributed by atoms with Crippen molar-refractivity contribution in [2.45, 2.75) is 13.8 Å². The number of aryl methyl sites for hydroxylation is 2. The molecule has 140 valence electrons. The molecule has 0 aliphatic rings. The number of hydrogen-bond donors (Lipinski definition) is 1. The minimum atomic E-state index is -0.329. The van der Waals surface area contributed by atoms with Gasteiger partial charge in [-0.1, -0.05) is 35.9 Å². The number of carbonyl (C=O) groups is 1. The number of methoxy groups -OCH3 is 1. The van der Waals surface area contributed by atoms with Crippen LogP contribution in [0.1, 0.15) is 21.7 Å². The number of nitrogens with zero attached hydrogens (tertiary/aromatic N) is 4. The van der Waals surface area contributed by atoms with Gasteiger partial charge in [0.05, 0.1) is 24.6 Å². The van der Waals surface area contributed by atoms with Gasteiger partial charge in [0.25, 0.3) is 5.91 Å². The van der Waals surface area contributed by atoms with Crippen LogP contribution in [0.15, 0.2) is 54.7 Å². The van der Waals surface area contributed by atoms with Crippen molar-refractivity contribution in [1.29, 1.82) is 0 Å². The summed E-state index contributed by atoms with van der Waals surface area (Å²) in [5.41, 5.74) is 4.87. The number of rotatable bonds is 4. The van der Waals surface area contributed by atoms with E-state index in [0.29, 0.717) is 17.0 Å². The Morgan fingerprint density at radius 3 is 2.50 bits per heavy atom. The average Bonchev–Trinajstić information content (AvgIpc) is 3.14. The summed E-state index contributed by atoms with van der Waals surface area (Å²) < 4.78 is 7.06. The second-order valence-electron chi connectivity index (χ2n) is 6.45. The van der Waals surface area contributed by atoms with Crippen molar-refractivity contribution in [3.63, 3.8) is 0 Å². The molecule has 1 amide bonds. The summed E-state index contributed by atoms with van der Waals surface area (Å²) in [6, 6.07) is 15.2. The minimum Gasteiger partial charge on any atom is -0.496 e. The molecule has 28 heavy (non-hydrogen) atoms. The first-order valence-electron chi connectivity index (χ1n) is 8.81. The van der Waals surface area contributed by atoms with E-state index in [9.17, 15) is 4.79 Å². The van der Waals surface area contributed by atoms with E-state index >= 15 is 0 Å². The lowest BCUT2D eigenvalue weighted by molar-refractivity contribution is 0.102. The first kappa shape index (κ1) is 17.7. The Labute approximate surface area is 162 Å². The Morgan fingerprint density at radius 1 is 1.00 bits per heavy atom. The van der Waals surface area contributed by atoms with Gasteiger partial charge in [0.2, 0.25) is 0 Å². The molecule has 4 rings (SSSR count). The summed E-state index contributed by atoms with van der Waals surface area (Å²) in [5.74, 6) is 0.392. The molecule has 4 aromatic rings. The summed E-state index contributed by atoms with van der Waals surface area (Å²) in [6.45, 7) is 3.79. The summed E-state index contributed by atoms with van der Waals surface area (Å²) in [4.78, 5) is 12.7. The molecule has 7 heteroatoms. The SMILES string of the molecule is COc1ccccc1-c1cnn2c(C)c(C(=O)Nc3ccc(C)cc3)nnc12. The Bertz CT molecular complexity index is 1170. The first-order chi connectivity index (χ1) is 13.6. The van der Waals surface area contributed by atoms with Gasteiger partial charge < -0.3 is 10.1 Å². The van der Waals surface area contributed by atoms with E-state index in [2.05, 4.69) is 20.6 Å². The molecule has 0 atom stereocenters. The van der Waals surface area contributed by atoms with Crippen LogP contribution in [0, 0.1) is 13.8 Å². The largest absolute Gasteiger partial charge is 0.496 e. The molecule has 2 heterocycles. The van der Waals surface area contributed by atoms with Gasteiger partial charge in [-0.3, -0.25) is 4.79 Å². The number of aromatic nitrogens is 4. The van der Waals surface area contributed by atoms with Gasteiger partial charge in [-0.2, -0.15) is 5.10 Å². The number of fused-ring (bicyclic) bond motifs is 1. The second kappa shape index (κ2) is 7.11. The fourth-order valence-electron chi connectivity index (χ4n) is 3.05. The van der Waals surface area contributed by atoms with Crippen LogP contribution in [0.3, 0.4) is 0 Å². The quantitative estimate of drug-likeness (QED) is 0.590. The Kier molecular flexibility index (Phi) is 4.49. The number of nitrogens with one attached hydrogen (secondary N) is 1. The third-order valence-electron chi connectivity index (χ3n) is 4.57. The fourth-order valence-corrected chi connectivity index (χ4v) is 3.05. The fraction of sp³-hybridized carbons (Fsp3) is 0.143. The van der Waals surface area contributed by atoms with Gasteiger partial charge in [0.15, 0.2) is 11.3 Å². The molecule has 0 saturated carbocycles. The highest BCUT2D eigenvalue weighted by molar-refractivity contribution is 6.03. The van der Waals surface area contributed by atoms with E-state index in [1.165, 1.54) is 0 Å². The predicted octanol–water partition coefficient (Wildman–Crippen LogP) is 3.67. The third kappa shape index (κ3) is 3.07. The Hall–Kier alpha value is -3.74. The zero-order valence-electron chi connectivity index (χ0n) is 15.8. The van der Waals surface area contributed by atoms with Gasteiger partial charge >= 0.3 is 0 Å². The normalized spacial score (nSPS) is 10.8. The van der Waals surface area contributed by atoms with Crippen LogP contribution in [0.2, 0.25) is 0 Å². The topological polar surface area (TPSA) is 81.4 Å². The maximum Gasteiger partial charge on any atom is 0.278 e. The summed E-state index contributed by atoms with van der Waals surface area (Å²) in [6.07, 6.45) is 1.70. The lowest BCUT2D eigenvalue weighted by atomic mass is 10.1. The lowest BCUT2D eigenvalue weighted by Crippen LogP contribution is -2.18. The molecule has 7 nitrogen and oxygen atoms in total. The number of hydrogen-bond acceptors (Lipinski definition) is 5. The van der Waals surface area contributed by atoms with Gasteiger partial charge in [0.1, 0.15) is 5.75 Å². The summed E-state index contributed by atoms with van der Waals surface area (Å²) in [5, 5.41) is 15.7. The van der Waals surface area contributed by atoms with Gasteiger partial charge in [-0.05, 0) is 32.0 Å². The highest BCUT2D eigenvalue weighted by Gasteiger charge is 2.19. The van der Waals surface area contributed by atoms with Crippen molar-refractivity contribution >= 4 is 17.2 Å². The van der Waals surface area contributed by atoms with Crippen LogP contribution in [0.5, 0.6) is 5.75 Å².